The Morgan fingerprint density at radius 3 is 3.09 bits per heavy atom. The second-order valence-corrected chi connectivity index (χ2v) is 7.87. The molecule has 3 N–H and O–H groups in total. The highest BCUT2D eigenvalue weighted by atomic mass is 32.5. The molecule has 1 unspecified atom stereocenters. The van der Waals surface area contributed by atoms with Gasteiger partial charge in [0.1, 0.15) is 18.0 Å². The monoisotopic (exact) mass is 363 g/mol. The lowest BCUT2D eigenvalue weighted by atomic mass is 10.2. The molecule has 2 aromatic rings. The first kappa shape index (κ1) is 16.6. The number of hydrogen-bond acceptors (Lipinski definition) is 8. The Bertz CT molecular complexity index is 761. The molecule has 3 heterocycles. The molecule has 1 aliphatic rings. The molecule has 1 fully saturated rings. The summed E-state index contributed by atoms with van der Waals surface area (Å²) in [5.74, 6) is 0.211. The average Bonchev–Trinajstić information content (AvgIpc) is 3.09. The van der Waals surface area contributed by atoms with Gasteiger partial charge in [-0.1, -0.05) is 0 Å². The van der Waals surface area contributed by atoms with Crippen molar-refractivity contribution in [2.24, 2.45) is 0 Å². The number of ether oxygens (including phenoxy) is 1. The lowest BCUT2D eigenvalue weighted by Crippen LogP contribution is -2.17. The maximum atomic E-state index is 14.3. The highest BCUT2D eigenvalue weighted by Crippen LogP contribution is 2.44. The fourth-order valence-corrected chi connectivity index (χ4v) is 2.98. The molecule has 126 valence electrons. The Balaban J connectivity index is 1.76. The van der Waals surface area contributed by atoms with Crippen molar-refractivity contribution >= 4 is 35.5 Å². The summed E-state index contributed by atoms with van der Waals surface area (Å²) in [6.45, 7) is -3.36. The van der Waals surface area contributed by atoms with Crippen LogP contribution in [0.25, 0.3) is 11.2 Å². The number of nitrogens with two attached hydrogens (primary N) is 1. The fraction of sp³-hybridized carbons (Fsp3) is 0.545. The van der Waals surface area contributed by atoms with Crippen molar-refractivity contribution in [1.82, 2.24) is 19.5 Å². The van der Waals surface area contributed by atoms with E-state index in [0.29, 0.717) is 11.2 Å². The summed E-state index contributed by atoms with van der Waals surface area (Å²) < 4.78 is 31.1. The number of imidazole rings is 1. The molecule has 0 bridgehead atoms. The van der Waals surface area contributed by atoms with Gasteiger partial charge < -0.3 is 24.4 Å². The van der Waals surface area contributed by atoms with Gasteiger partial charge in [-0.05, 0) is 11.8 Å². The largest absolute Gasteiger partial charge is 0.382 e. The van der Waals surface area contributed by atoms with Crippen LogP contribution in [0.2, 0.25) is 0 Å². The van der Waals surface area contributed by atoms with E-state index in [-0.39, 0.29) is 18.8 Å². The van der Waals surface area contributed by atoms with Crippen LogP contribution in [0.15, 0.2) is 12.7 Å². The summed E-state index contributed by atoms with van der Waals surface area (Å²) in [4.78, 5) is 21.5. The first-order chi connectivity index (χ1) is 10.9. The summed E-state index contributed by atoms with van der Waals surface area (Å²) >= 11 is 4.72. The van der Waals surface area contributed by atoms with Gasteiger partial charge in [0, 0.05) is 13.5 Å². The number of hydrogen-bond donors (Lipinski definition) is 2. The van der Waals surface area contributed by atoms with Crippen molar-refractivity contribution < 1.29 is 23.1 Å². The highest BCUT2D eigenvalue weighted by Gasteiger charge is 2.38. The summed E-state index contributed by atoms with van der Waals surface area (Å²) in [6.07, 6.45) is -0.0143. The standard InChI is InChI=1S/C11H15FN5O4PS/c1-19-22(18,23)20-3-6-2-7(12)11(21-6)17-5-16-8-9(13)14-4-15-10(8)17/h4-7,11H,2-3H2,1H3,(H,18,23)(H2,13,14,15)/t6-,7+,11+,22?/m0/s1. The summed E-state index contributed by atoms with van der Waals surface area (Å²) in [7, 11) is 1.25. The number of rotatable bonds is 5. The second kappa shape index (κ2) is 6.34. The Labute approximate surface area is 135 Å². The van der Waals surface area contributed by atoms with Gasteiger partial charge in [0.15, 0.2) is 17.7 Å². The lowest BCUT2D eigenvalue weighted by Gasteiger charge is -2.18. The summed E-state index contributed by atoms with van der Waals surface area (Å²) in [5.41, 5.74) is 6.48. The van der Waals surface area contributed by atoms with Crippen molar-refractivity contribution in [3.05, 3.63) is 12.7 Å². The van der Waals surface area contributed by atoms with Crippen LogP contribution in [0.3, 0.4) is 0 Å². The van der Waals surface area contributed by atoms with E-state index in [1.54, 1.807) is 0 Å². The SMILES string of the molecule is COP(O)(=S)OC[C@@H]1C[C@@H](F)[C@H](n2cnc3c(N)ncnc32)O1. The number of nitrogens with zero attached hydrogens (tertiary/aromatic N) is 4. The van der Waals surface area contributed by atoms with Crippen LogP contribution in [0, 0.1) is 0 Å². The van der Waals surface area contributed by atoms with Crippen LogP contribution >= 0.6 is 6.72 Å². The van der Waals surface area contributed by atoms with Crippen LogP contribution in [0.1, 0.15) is 12.6 Å². The zero-order chi connectivity index (χ0) is 16.6. The van der Waals surface area contributed by atoms with Crippen molar-refractivity contribution in [3.63, 3.8) is 0 Å². The maximum absolute atomic E-state index is 14.3. The van der Waals surface area contributed by atoms with E-state index in [0.717, 1.165) is 0 Å². The van der Waals surface area contributed by atoms with Gasteiger partial charge in [-0.25, -0.2) is 19.3 Å². The number of fused-ring (bicyclic) bond motifs is 1. The van der Waals surface area contributed by atoms with Crippen molar-refractivity contribution in [2.75, 3.05) is 19.5 Å². The lowest BCUT2D eigenvalue weighted by molar-refractivity contribution is -0.0331. The zero-order valence-electron chi connectivity index (χ0n) is 12.1. The molecule has 9 nitrogen and oxygen atoms in total. The van der Waals surface area contributed by atoms with Crippen molar-refractivity contribution in [3.8, 4) is 0 Å². The van der Waals surface area contributed by atoms with Gasteiger partial charge in [0.25, 0.3) is 0 Å². The molecule has 4 atom stereocenters. The smallest absolute Gasteiger partial charge is 0.324 e. The third-order valence-corrected chi connectivity index (χ3v) is 5.15. The fourth-order valence-electron chi connectivity index (χ4n) is 2.34. The van der Waals surface area contributed by atoms with E-state index in [9.17, 15) is 9.28 Å². The van der Waals surface area contributed by atoms with Gasteiger partial charge in [-0.15, -0.1) is 0 Å². The van der Waals surface area contributed by atoms with E-state index in [2.05, 4.69) is 19.5 Å². The number of anilines is 1. The topological polar surface area (TPSA) is 118 Å². The molecular weight excluding hydrogens is 348 g/mol. The Morgan fingerprint density at radius 2 is 2.35 bits per heavy atom. The Hall–Kier alpha value is -1.23. The summed E-state index contributed by atoms with van der Waals surface area (Å²) in [6, 6.07) is 0. The van der Waals surface area contributed by atoms with Crippen LogP contribution in [0.5, 0.6) is 0 Å². The van der Waals surface area contributed by atoms with E-state index < -0.39 is 25.2 Å². The van der Waals surface area contributed by atoms with Gasteiger partial charge in [0.2, 0.25) is 0 Å². The minimum absolute atomic E-state index is 0.0672. The third kappa shape index (κ3) is 3.35. The molecule has 3 rings (SSSR count). The molecule has 0 saturated carbocycles. The molecule has 1 saturated heterocycles. The van der Waals surface area contributed by atoms with Gasteiger partial charge in [-0.2, -0.15) is 0 Å². The molecule has 0 amide bonds. The Morgan fingerprint density at radius 1 is 1.57 bits per heavy atom. The number of halogens is 1. The number of aromatic nitrogens is 4. The predicted molar refractivity (Wildman–Crippen MR) is 82.6 cm³/mol. The molecule has 12 heteroatoms. The predicted octanol–water partition coefficient (Wildman–Crippen LogP) is 0.914. The molecule has 0 radical (unpaired) electrons. The quantitative estimate of drug-likeness (QED) is 0.747. The van der Waals surface area contributed by atoms with Gasteiger partial charge in [-0.3, -0.25) is 4.57 Å². The van der Waals surface area contributed by atoms with E-state index in [1.165, 1.54) is 24.3 Å². The maximum Gasteiger partial charge on any atom is 0.324 e. The van der Waals surface area contributed by atoms with Crippen LogP contribution in [-0.2, 0) is 25.6 Å². The van der Waals surface area contributed by atoms with Crippen molar-refractivity contribution in [1.29, 1.82) is 0 Å². The normalized spacial score (nSPS) is 27.3. The third-order valence-electron chi connectivity index (χ3n) is 3.44. The molecule has 23 heavy (non-hydrogen) atoms. The van der Waals surface area contributed by atoms with Crippen molar-refractivity contribution in [2.45, 2.75) is 24.9 Å². The number of nitrogen functional groups attached to an aromatic ring is 1. The molecule has 2 aromatic heterocycles. The van der Waals surface area contributed by atoms with E-state index >= 15 is 0 Å². The molecule has 0 aliphatic carbocycles. The van der Waals surface area contributed by atoms with E-state index in [4.69, 9.17) is 26.8 Å². The molecular formula is C11H15FN5O4PS. The highest BCUT2D eigenvalue weighted by molar-refractivity contribution is 8.07. The first-order valence-corrected chi connectivity index (χ1v) is 9.26. The Kier molecular flexibility index (Phi) is 4.59. The van der Waals surface area contributed by atoms with Crippen LogP contribution in [-0.4, -0.2) is 50.4 Å². The second-order valence-electron chi connectivity index (χ2n) is 4.93. The molecule has 0 aromatic carbocycles. The first-order valence-electron chi connectivity index (χ1n) is 6.67. The van der Waals surface area contributed by atoms with Crippen LogP contribution in [0.4, 0.5) is 10.2 Å². The summed E-state index contributed by atoms with van der Waals surface area (Å²) in [5, 5.41) is 0. The number of alkyl halides is 1. The minimum atomic E-state index is -3.30. The van der Waals surface area contributed by atoms with Gasteiger partial charge >= 0.3 is 6.72 Å². The van der Waals surface area contributed by atoms with Gasteiger partial charge in [0.05, 0.1) is 19.0 Å². The minimum Gasteiger partial charge on any atom is -0.382 e. The average molecular weight is 363 g/mol. The zero-order valence-corrected chi connectivity index (χ0v) is 13.8. The van der Waals surface area contributed by atoms with Crippen LogP contribution < -0.4 is 5.73 Å². The van der Waals surface area contributed by atoms with E-state index in [1.807, 2.05) is 0 Å². The molecule has 0 spiro atoms. The molecule has 1 aliphatic heterocycles.